The summed E-state index contributed by atoms with van der Waals surface area (Å²) in [6.07, 6.45) is 0.702. The van der Waals surface area contributed by atoms with Gasteiger partial charge in [-0.15, -0.1) is 0 Å². The third-order valence-corrected chi connectivity index (χ3v) is 3.07. The number of aliphatic carboxylic acids is 1. The van der Waals surface area contributed by atoms with Crippen molar-refractivity contribution in [2.45, 2.75) is 31.7 Å². The average molecular weight is 270 g/mol. The summed E-state index contributed by atoms with van der Waals surface area (Å²) in [5.74, 6) is 2.49. The molecule has 0 heterocycles. The summed E-state index contributed by atoms with van der Waals surface area (Å²) in [5, 5.41) is 37.7. The highest BCUT2D eigenvalue weighted by Gasteiger charge is 2.37. The summed E-state index contributed by atoms with van der Waals surface area (Å²) in [6, 6.07) is 2.52. The van der Waals surface area contributed by atoms with Crippen LogP contribution in [0.3, 0.4) is 0 Å². The molecule has 0 spiro atoms. The number of nitrogens with one attached hydrogen (secondary N) is 1. The van der Waals surface area contributed by atoms with Crippen LogP contribution in [0.1, 0.15) is 25.3 Å². The Hall–Kier alpha value is -1.99. The molecule has 0 aliphatic rings. The van der Waals surface area contributed by atoms with Crippen LogP contribution < -0.4 is 11.3 Å². The minimum absolute atomic E-state index is 0.119. The molecule has 1 unspecified atom stereocenters. The standard InChI is InChI=1S/C12H18N2O5/c1-2-5-12(14-13,11(18)19)6-7-3-4-8(15)10(17)9(7)16/h3-4,14-17H,2,5-6,13H2,1H3,(H,18,19). The van der Waals surface area contributed by atoms with Crippen molar-refractivity contribution in [1.29, 1.82) is 0 Å². The lowest BCUT2D eigenvalue weighted by molar-refractivity contribution is -0.145. The number of carboxylic acids is 1. The maximum Gasteiger partial charge on any atom is 0.325 e. The average Bonchev–Trinajstić information content (AvgIpc) is 2.38. The molecule has 0 saturated heterocycles. The number of carbonyl (C=O) groups is 1. The molecule has 1 rings (SSSR count). The smallest absolute Gasteiger partial charge is 0.325 e. The zero-order valence-electron chi connectivity index (χ0n) is 10.6. The van der Waals surface area contributed by atoms with Gasteiger partial charge in [0.1, 0.15) is 5.54 Å². The normalized spacial score (nSPS) is 14.0. The van der Waals surface area contributed by atoms with Gasteiger partial charge in [-0.2, -0.15) is 0 Å². The highest BCUT2D eigenvalue weighted by molar-refractivity contribution is 5.79. The molecular weight excluding hydrogens is 252 g/mol. The second kappa shape index (κ2) is 5.77. The number of phenols is 3. The number of rotatable bonds is 6. The van der Waals surface area contributed by atoms with Crippen molar-refractivity contribution < 1.29 is 25.2 Å². The summed E-state index contributed by atoms with van der Waals surface area (Å²) < 4.78 is 0. The van der Waals surface area contributed by atoms with Gasteiger partial charge in [-0.3, -0.25) is 10.6 Å². The molecule has 106 valence electrons. The molecule has 0 aliphatic heterocycles. The molecule has 0 amide bonds. The number of nitrogens with two attached hydrogens (primary N) is 1. The zero-order chi connectivity index (χ0) is 14.6. The van der Waals surface area contributed by atoms with E-state index in [0.29, 0.717) is 6.42 Å². The van der Waals surface area contributed by atoms with Gasteiger partial charge < -0.3 is 20.4 Å². The Morgan fingerprint density at radius 3 is 2.42 bits per heavy atom. The highest BCUT2D eigenvalue weighted by Crippen LogP contribution is 2.38. The molecule has 7 nitrogen and oxygen atoms in total. The number of phenolic OH excluding ortho intramolecular Hbond substituents is 3. The van der Waals surface area contributed by atoms with Crippen molar-refractivity contribution in [3.8, 4) is 17.2 Å². The third kappa shape index (κ3) is 2.88. The minimum Gasteiger partial charge on any atom is -0.504 e. The summed E-state index contributed by atoms with van der Waals surface area (Å²) in [5.41, 5.74) is 1.02. The number of hydrazine groups is 1. The minimum atomic E-state index is -1.43. The van der Waals surface area contributed by atoms with Gasteiger partial charge in [-0.05, 0) is 12.5 Å². The Bertz CT molecular complexity index is 477. The molecule has 1 aromatic carbocycles. The highest BCUT2D eigenvalue weighted by atomic mass is 16.4. The van der Waals surface area contributed by atoms with Crippen LogP contribution >= 0.6 is 0 Å². The predicted octanol–water partition coefficient (Wildman–Crippen LogP) is 0.433. The molecule has 0 bridgehead atoms. The van der Waals surface area contributed by atoms with Crippen molar-refractivity contribution in [2.24, 2.45) is 5.84 Å². The second-order valence-corrected chi connectivity index (χ2v) is 4.40. The molecule has 0 aromatic heterocycles. The van der Waals surface area contributed by atoms with Crippen LogP contribution in [0.5, 0.6) is 17.2 Å². The molecular formula is C12H18N2O5. The summed E-state index contributed by atoms with van der Waals surface area (Å²) in [7, 11) is 0. The monoisotopic (exact) mass is 270 g/mol. The van der Waals surface area contributed by atoms with E-state index in [0.717, 1.165) is 0 Å². The van der Waals surface area contributed by atoms with Crippen LogP contribution in [-0.4, -0.2) is 31.9 Å². The van der Waals surface area contributed by atoms with Gasteiger partial charge in [0.15, 0.2) is 11.5 Å². The van der Waals surface area contributed by atoms with Gasteiger partial charge in [-0.25, -0.2) is 5.43 Å². The summed E-state index contributed by atoms with van der Waals surface area (Å²) in [6.45, 7) is 1.81. The fourth-order valence-electron chi connectivity index (χ4n) is 1.96. The second-order valence-electron chi connectivity index (χ2n) is 4.40. The molecule has 0 radical (unpaired) electrons. The maximum atomic E-state index is 11.4. The largest absolute Gasteiger partial charge is 0.504 e. The van der Waals surface area contributed by atoms with E-state index in [1.54, 1.807) is 0 Å². The number of hydrogen-bond donors (Lipinski definition) is 6. The van der Waals surface area contributed by atoms with Gasteiger partial charge in [0.05, 0.1) is 0 Å². The van der Waals surface area contributed by atoms with Gasteiger partial charge in [0, 0.05) is 12.0 Å². The van der Waals surface area contributed by atoms with Crippen LogP contribution in [0, 0.1) is 0 Å². The first kappa shape index (κ1) is 15.1. The third-order valence-electron chi connectivity index (χ3n) is 3.07. The fourth-order valence-corrected chi connectivity index (χ4v) is 1.96. The van der Waals surface area contributed by atoms with Crippen molar-refractivity contribution >= 4 is 5.97 Å². The van der Waals surface area contributed by atoms with Crippen LogP contribution in [-0.2, 0) is 11.2 Å². The van der Waals surface area contributed by atoms with Crippen LogP contribution in [0.2, 0.25) is 0 Å². The molecule has 7 N–H and O–H groups in total. The lowest BCUT2D eigenvalue weighted by Gasteiger charge is -2.28. The Morgan fingerprint density at radius 2 is 1.95 bits per heavy atom. The first-order valence-electron chi connectivity index (χ1n) is 5.82. The predicted molar refractivity (Wildman–Crippen MR) is 67.7 cm³/mol. The molecule has 1 atom stereocenters. The molecule has 0 aliphatic carbocycles. The Labute approximate surface area is 110 Å². The first-order valence-corrected chi connectivity index (χ1v) is 5.82. The number of hydrogen-bond acceptors (Lipinski definition) is 6. The quantitative estimate of drug-likeness (QED) is 0.250. The number of aromatic hydroxyl groups is 3. The molecule has 0 fully saturated rings. The van der Waals surface area contributed by atoms with E-state index < -0.39 is 28.8 Å². The SMILES string of the molecule is CCCC(Cc1ccc(O)c(O)c1O)(NN)C(=O)O. The van der Waals surface area contributed by atoms with Gasteiger partial charge >= 0.3 is 5.97 Å². The van der Waals surface area contributed by atoms with E-state index in [2.05, 4.69) is 5.43 Å². The van der Waals surface area contributed by atoms with E-state index in [9.17, 15) is 25.2 Å². The Morgan fingerprint density at radius 1 is 1.32 bits per heavy atom. The van der Waals surface area contributed by atoms with Crippen molar-refractivity contribution in [2.75, 3.05) is 0 Å². The van der Waals surface area contributed by atoms with Crippen molar-refractivity contribution in [3.05, 3.63) is 17.7 Å². The molecule has 7 heteroatoms. The van der Waals surface area contributed by atoms with Crippen LogP contribution in [0.15, 0.2) is 12.1 Å². The maximum absolute atomic E-state index is 11.4. The molecule has 0 saturated carbocycles. The number of benzene rings is 1. The lowest BCUT2D eigenvalue weighted by atomic mass is 9.86. The van der Waals surface area contributed by atoms with E-state index in [1.165, 1.54) is 12.1 Å². The van der Waals surface area contributed by atoms with Crippen molar-refractivity contribution in [1.82, 2.24) is 5.43 Å². The van der Waals surface area contributed by atoms with E-state index in [1.807, 2.05) is 6.92 Å². The Kier molecular flexibility index (Phi) is 4.57. The summed E-state index contributed by atoms with van der Waals surface area (Å²) in [4.78, 5) is 11.4. The summed E-state index contributed by atoms with van der Waals surface area (Å²) >= 11 is 0. The van der Waals surface area contributed by atoms with E-state index >= 15 is 0 Å². The van der Waals surface area contributed by atoms with Crippen molar-refractivity contribution in [3.63, 3.8) is 0 Å². The van der Waals surface area contributed by atoms with Crippen LogP contribution in [0.4, 0.5) is 0 Å². The topological polar surface area (TPSA) is 136 Å². The molecule has 19 heavy (non-hydrogen) atoms. The zero-order valence-corrected chi connectivity index (χ0v) is 10.6. The van der Waals surface area contributed by atoms with E-state index in [4.69, 9.17) is 5.84 Å². The fraction of sp³-hybridized carbons (Fsp3) is 0.417. The Balaban J connectivity index is 3.17. The van der Waals surface area contributed by atoms with Crippen LogP contribution in [0.25, 0.3) is 0 Å². The van der Waals surface area contributed by atoms with Gasteiger partial charge in [-0.1, -0.05) is 19.4 Å². The van der Waals surface area contributed by atoms with Gasteiger partial charge in [0.25, 0.3) is 0 Å². The number of carboxylic acid groups (broad SMARTS) is 1. The van der Waals surface area contributed by atoms with E-state index in [-0.39, 0.29) is 18.4 Å². The van der Waals surface area contributed by atoms with Gasteiger partial charge in [0.2, 0.25) is 5.75 Å². The lowest BCUT2D eigenvalue weighted by Crippen LogP contribution is -2.57. The molecule has 1 aromatic rings. The first-order chi connectivity index (χ1) is 8.88.